The minimum atomic E-state index is 0.184. The van der Waals surface area contributed by atoms with Crippen molar-refractivity contribution in [2.75, 3.05) is 14.2 Å². The lowest BCUT2D eigenvalue weighted by Crippen LogP contribution is -2.22. The molecular weight excluding hydrogens is 332 g/mol. The van der Waals surface area contributed by atoms with Crippen molar-refractivity contribution in [1.82, 2.24) is 9.88 Å². The zero-order valence-electron chi connectivity index (χ0n) is 14.6. The first-order chi connectivity index (χ1) is 12.1. The van der Waals surface area contributed by atoms with Gasteiger partial charge in [-0.2, -0.15) is 0 Å². The second-order valence-corrected chi connectivity index (χ2v) is 6.89. The van der Waals surface area contributed by atoms with Gasteiger partial charge in [0.05, 0.1) is 18.4 Å². The molecule has 1 N–H and O–H groups in total. The number of aromatic hydroxyl groups is 1. The fourth-order valence-electron chi connectivity index (χ4n) is 2.76. The van der Waals surface area contributed by atoms with Crippen molar-refractivity contribution in [1.29, 1.82) is 0 Å². The van der Waals surface area contributed by atoms with Gasteiger partial charge < -0.3 is 9.84 Å². The van der Waals surface area contributed by atoms with Crippen LogP contribution in [-0.2, 0) is 6.54 Å². The van der Waals surface area contributed by atoms with Crippen LogP contribution >= 0.6 is 11.3 Å². The quantitative estimate of drug-likeness (QED) is 0.696. The molecular formula is C20H22N2O2S. The number of aromatic nitrogens is 1. The van der Waals surface area contributed by atoms with Gasteiger partial charge in [-0.05, 0) is 43.8 Å². The number of hydrogen-bond acceptors (Lipinski definition) is 5. The standard InChI is InChI=1S/C20H22N2O2S/c1-14(15-7-6-8-17(23)11-15)22(2)12-16-13-25-20(21-16)18-9-4-5-10-19(18)24-3/h4-11,13-14,23H,12H2,1-3H3. The highest BCUT2D eigenvalue weighted by Gasteiger charge is 2.15. The molecule has 1 atom stereocenters. The van der Waals surface area contributed by atoms with Gasteiger partial charge in [0.15, 0.2) is 0 Å². The molecule has 0 amide bonds. The van der Waals surface area contributed by atoms with Gasteiger partial charge in [-0.25, -0.2) is 4.98 Å². The molecule has 0 aliphatic heterocycles. The van der Waals surface area contributed by atoms with E-state index in [-0.39, 0.29) is 6.04 Å². The first kappa shape index (κ1) is 17.5. The van der Waals surface area contributed by atoms with Gasteiger partial charge in [0.1, 0.15) is 16.5 Å². The van der Waals surface area contributed by atoms with Gasteiger partial charge in [-0.3, -0.25) is 4.90 Å². The van der Waals surface area contributed by atoms with Crippen molar-refractivity contribution < 1.29 is 9.84 Å². The Morgan fingerprint density at radius 1 is 1.20 bits per heavy atom. The second-order valence-electron chi connectivity index (χ2n) is 6.03. The Labute approximate surface area is 152 Å². The summed E-state index contributed by atoms with van der Waals surface area (Å²) < 4.78 is 5.43. The Morgan fingerprint density at radius 3 is 2.76 bits per heavy atom. The van der Waals surface area contributed by atoms with Crippen molar-refractivity contribution >= 4 is 11.3 Å². The summed E-state index contributed by atoms with van der Waals surface area (Å²) in [5, 5.41) is 12.7. The Bertz CT molecular complexity index is 847. The van der Waals surface area contributed by atoms with Crippen LogP contribution in [0.25, 0.3) is 10.6 Å². The number of ether oxygens (including phenoxy) is 1. The number of benzene rings is 2. The molecule has 0 aliphatic rings. The molecule has 3 rings (SSSR count). The van der Waals surface area contributed by atoms with E-state index in [2.05, 4.69) is 24.3 Å². The fourth-order valence-corrected chi connectivity index (χ4v) is 3.60. The van der Waals surface area contributed by atoms with Gasteiger partial charge >= 0.3 is 0 Å². The lowest BCUT2D eigenvalue weighted by molar-refractivity contribution is 0.250. The van der Waals surface area contributed by atoms with E-state index in [1.165, 1.54) is 0 Å². The van der Waals surface area contributed by atoms with Crippen molar-refractivity contribution in [2.45, 2.75) is 19.5 Å². The molecule has 0 radical (unpaired) electrons. The highest BCUT2D eigenvalue weighted by atomic mass is 32.1. The van der Waals surface area contributed by atoms with E-state index in [1.54, 1.807) is 24.5 Å². The number of thiazole rings is 1. The van der Waals surface area contributed by atoms with Crippen molar-refractivity contribution in [2.24, 2.45) is 0 Å². The number of phenols is 1. The summed E-state index contributed by atoms with van der Waals surface area (Å²) in [6.45, 7) is 2.87. The number of hydrogen-bond donors (Lipinski definition) is 1. The van der Waals surface area contributed by atoms with Crippen LogP contribution in [0.5, 0.6) is 11.5 Å². The molecule has 0 saturated heterocycles. The van der Waals surface area contributed by atoms with Crippen molar-refractivity contribution in [3.8, 4) is 22.1 Å². The van der Waals surface area contributed by atoms with Gasteiger partial charge in [-0.1, -0.05) is 24.3 Å². The zero-order chi connectivity index (χ0) is 17.8. The first-order valence-corrected chi connectivity index (χ1v) is 9.03. The Kier molecular flexibility index (Phi) is 5.36. The van der Waals surface area contributed by atoms with Crippen LogP contribution in [0.2, 0.25) is 0 Å². The summed E-state index contributed by atoms with van der Waals surface area (Å²) in [6, 6.07) is 15.5. The molecule has 1 aromatic heterocycles. The van der Waals surface area contributed by atoms with E-state index in [1.807, 2.05) is 42.5 Å². The summed E-state index contributed by atoms with van der Waals surface area (Å²) in [5.41, 5.74) is 3.13. The molecule has 1 heterocycles. The number of methoxy groups -OCH3 is 1. The van der Waals surface area contributed by atoms with E-state index in [4.69, 9.17) is 9.72 Å². The molecule has 5 heteroatoms. The molecule has 0 saturated carbocycles. The summed E-state index contributed by atoms with van der Waals surface area (Å²) in [5.74, 6) is 1.13. The topological polar surface area (TPSA) is 45.6 Å². The summed E-state index contributed by atoms with van der Waals surface area (Å²) in [7, 11) is 3.74. The lowest BCUT2D eigenvalue weighted by atomic mass is 10.1. The average Bonchev–Trinajstić information content (AvgIpc) is 3.09. The molecule has 0 fully saturated rings. The molecule has 0 aliphatic carbocycles. The summed E-state index contributed by atoms with van der Waals surface area (Å²) in [6.07, 6.45) is 0. The normalized spacial score (nSPS) is 12.3. The van der Waals surface area contributed by atoms with Crippen LogP contribution in [-0.4, -0.2) is 29.1 Å². The molecule has 130 valence electrons. The van der Waals surface area contributed by atoms with Crippen LogP contribution in [0.1, 0.15) is 24.2 Å². The van der Waals surface area contributed by atoms with Crippen LogP contribution in [0.3, 0.4) is 0 Å². The van der Waals surface area contributed by atoms with E-state index in [0.29, 0.717) is 5.75 Å². The third kappa shape index (κ3) is 4.00. The lowest BCUT2D eigenvalue weighted by Gasteiger charge is -2.24. The second kappa shape index (κ2) is 7.68. The van der Waals surface area contributed by atoms with Crippen LogP contribution in [0, 0.1) is 0 Å². The van der Waals surface area contributed by atoms with Crippen molar-refractivity contribution in [3.63, 3.8) is 0 Å². The van der Waals surface area contributed by atoms with Crippen LogP contribution in [0.4, 0.5) is 0 Å². The van der Waals surface area contributed by atoms with E-state index in [0.717, 1.165) is 34.1 Å². The maximum atomic E-state index is 9.67. The summed E-state index contributed by atoms with van der Waals surface area (Å²) in [4.78, 5) is 6.99. The number of phenolic OH excluding ortho intramolecular Hbond substituents is 1. The SMILES string of the molecule is COc1ccccc1-c1nc(CN(C)C(C)c2cccc(O)c2)cs1. The Hall–Kier alpha value is -2.37. The highest BCUT2D eigenvalue weighted by molar-refractivity contribution is 7.13. The Morgan fingerprint density at radius 2 is 2.00 bits per heavy atom. The Balaban J connectivity index is 1.75. The van der Waals surface area contributed by atoms with Gasteiger partial charge in [0.2, 0.25) is 0 Å². The minimum absolute atomic E-state index is 0.184. The van der Waals surface area contributed by atoms with Crippen LogP contribution in [0.15, 0.2) is 53.9 Å². The molecule has 0 spiro atoms. The third-order valence-corrected chi connectivity index (χ3v) is 5.24. The van der Waals surface area contributed by atoms with Crippen molar-refractivity contribution in [3.05, 3.63) is 65.2 Å². The molecule has 3 aromatic rings. The smallest absolute Gasteiger partial charge is 0.129 e. The number of rotatable bonds is 6. The van der Waals surface area contributed by atoms with Gasteiger partial charge in [0, 0.05) is 18.0 Å². The van der Waals surface area contributed by atoms with Gasteiger partial charge in [0.25, 0.3) is 0 Å². The molecule has 0 bridgehead atoms. The molecule has 4 nitrogen and oxygen atoms in total. The maximum Gasteiger partial charge on any atom is 0.129 e. The first-order valence-electron chi connectivity index (χ1n) is 8.15. The minimum Gasteiger partial charge on any atom is -0.508 e. The largest absolute Gasteiger partial charge is 0.508 e. The van der Waals surface area contributed by atoms with E-state index < -0.39 is 0 Å². The predicted molar refractivity (Wildman–Crippen MR) is 102 cm³/mol. The average molecular weight is 354 g/mol. The zero-order valence-corrected chi connectivity index (χ0v) is 15.5. The monoisotopic (exact) mass is 354 g/mol. The molecule has 1 unspecified atom stereocenters. The highest BCUT2D eigenvalue weighted by Crippen LogP contribution is 2.32. The maximum absolute atomic E-state index is 9.67. The summed E-state index contributed by atoms with van der Waals surface area (Å²) >= 11 is 1.63. The molecule has 2 aromatic carbocycles. The predicted octanol–water partition coefficient (Wildman–Crippen LogP) is 4.72. The fraction of sp³-hybridized carbons (Fsp3) is 0.250. The number of nitrogens with zero attached hydrogens (tertiary/aromatic N) is 2. The molecule has 25 heavy (non-hydrogen) atoms. The van der Waals surface area contributed by atoms with Crippen LogP contribution < -0.4 is 4.74 Å². The van der Waals surface area contributed by atoms with E-state index in [9.17, 15) is 5.11 Å². The number of para-hydroxylation sites is 1. The van der Waals surface area contributed by atoms with E-state index >= 15 is 0 Å². The third-order valence-electron chi connectivity index (χ3n) is 4.31. The van der Waals surface area contributed by atoms with Gasteiger partial charge in [-0.15, -0.1) is 11.3 Å².